The van der Waals surface area contributed by atoms with Crippen molar-refractivity contribution >= 4 is 62.6 Å². The normalized spacial score (nSPS) is 14.7. The van der Waals surface area contributed by atoms with E-state index >= 15 is 0 Å². The Morgan fingerprint density at radius 3 is 2.42 bits per heavy atom. The molecule has 0 spiro atoms. The zero-order valence-corrected chi connectivity index (χ0v) is 22.7. The van der Waals surface area contributed by atoms with E-state index in [0.717, 1.165) is 16.5 Å². The summed E-state index contributed by atoms with van der Waals surface area (Å²) in [6.45, 7) is 0.629. The van der Waals surface area contributed by atoms with Crippen LogP contribution >= 0.6 is 12.2 Å². The van der Waals surface area contributed by atoms with Gasteiger partial charge in [0.05, 0.1) is 19.9 Å². The smallest absolute Gasteiger partial charge is 0.270 e. The predicted molar refractivity (Wildman–Crippen MR) is 161 cm³/mol. The van der Waals surface area contributed by atoms with Crippen LogP contribution in [0.4, 0.5) is 5.69 Å². The molecule has 1 aliphatic rings. The number of ether oxygens (including phenoxy) is 2. The summed E-state index contributed by atoms with van der Waals surface area (Å²) in [4.78, 5) is 28.1. The SMILES string of the molecule is COc1ccc(N2C(=O)/C(=C/c3cn(Cc4cccc5ccccc45)c4ccccc34)C(=O)NC2=S)c(OC)c1. The van der Waals surface area contributed by atoms with Gasteiger partial charge in [0.2, 0.25) is 0 Å². The van der Waals surface area contributed by atoms with Gasteiger partial charge in [-0.25, -0.2) is 4.90 Å². The summed E-state index contributed by atoms with van der Waals surface area (Å²) < 4.78 is 12.9. The van der Waals surface area contributed by atoms with Crippen molar-refractivity contribution in [2.45, 2.75) is 6.54 Å². The van der Waals surface area contributed by atoms with Crippen LogP contribution in [-0.4, -0.2) is 35.7 Å². The fourth-order valence-electron chi connectivity index (χ4n) is 5.14. The lowest BCUT2D eigenvalue weighted by atomic mass is 10.0. The molecule has 40 heavy (non-hydrogen) atoms. The van der Waals surface area contributed by atoms with Gasteiger partial charge in [-0.2, -0.15) is 0 Å². The molecule has 1 aromatic heterocycles. The van der Waals surface area contributed by atoms with Crippen molar-refractivity contribution in [1.29, 1.82) is 0 Å². The minimum Gasteiger partial charge on any atom is -0.497 e. The number of aromatic nitrogens is 1. The fourth-order valence-corrected chi connectivity index (χ4v) is 5.41. The minimum atomic E-state index is -0.551. The molecule has 0 aliphatic carbocycles. The molecule has 6 rings (SSSR count). The van der Waals surface area contributed by atoms with E-state index in [-0.39, 0.29) is 10.7 Å². The molecule has 7 nitrogen and oxygen atoms in total. The lowest BCUT2D eigenvalue weighted by molar-refractivity contribution is -0.122. The second kappa shape index (κ2) is 10.3. The topological polar surface area (TPSA) is 72.8 Å². The number of nitrogens with zero attached hydrogens (tertiary/aromatic N) is 2. The molecule has 4 aromatic carbocycles. The third-order valence-corrected chi connectivity index (χ3v) is 7.35. The molecule has 0 unspecified atom stereocenters. The summed E-state index contributed by atoms with van der Waals surface area (Å²) in [5, 5.41) is 5.92. The number of anilines is 1. The van der Waals surface area contributed by atoms with Crippen LogP contribution in [0.5, 0.6) is 11.5 Å². The molecule has 5 aromatic rings. The number of fused-ring (bicyclic) bond motifs is 2. The highest BCUT2D eigenvalue weighted by Gasteiger charge is 2.36. The van der Waals surface area contributed by atoms with E-state index in [1.807, 2.05) is 42.6 Å². The summed E-state index contributed by atoms with van der Waals surface area (Å²) in [5.41, 5.74) is 3.30. The fraction of sp³-hybridized carbons (Fsp3) is 0.0938. The second-order valence-corrected chi connectivity index (χ2v) is 9.75. The average Bonchev–Trinajstić information content (AvgIpc) is 3.32. The van der Waals surface area contributed by atoms with E-state index in [1.54, 1.807) is 31.4 Å². The lowest BCUT2D eigenvalue weighted by Crippen LogP contribution is -2.54. The molecule has 1 aliphatic heterocycles. The second-order valence-electron chi connectivity index (χ2n) is 9.36. The number of thiocarbonyl (C=S) groups is 1. The van der Waals surface area contributed by atoms with Gasteiger partial charge in [-0.1, -0.05) is 60.7 Å². The van der Waals surface area contributed by atoms with E-state index in [0.29, 0.717) is 23.7 Å². The minimum absolute atomic E-state index is 0.0194. The molecule has 1 fully saturated rings. The highest BCUT2D eigenvalue weighted by molar-refractivity contribution is 7.80. The first-order chi connectivity index (χ1) is 19.5. The molecule has 0 radical (unpaired) electrons. The summed E-state index contributed by atoms with van der Waals surface area (Å²) >= 11 is 5.40. The van der Waals surface area contributed by atoms with Crippen molar-refractivity contribution in [2.75, 3.05) is 19.1 Å². The lowest BCUT2D eigenvalue weighted by Gasteiger charge is -2.30. The Bertz CT molecular complexity index is 1850. The van der Waals surface area contributed by atoms with Crippen LogP contribution in [0.2, 0.25) is 0 Å². The number of carbonyl (C=O) groups excluding carboxylic acids is 2. The predicted octanol–water partition coefficient (Wildman–Crippen LogP) is 5.69. The van der Waals surface area contributed by atoms with Gasteiger partial charge in [0.1, 0.15) is 17.1 Å². The average molecular weight is 548 g/mol. The van der Waals surface area contributed by atoms with E-state index in [2.05, 4.69) is 40.2 Å². The van der Waals surface area contributed by atoms with E-state index in [9.17, 15) is 9.59 Å². The number of rotatable bonds is 6. The van der Waals surface area contributed by atoms with Gasteiger partial charge in [0.25, 0.3) is 11.8 Å². The van der Waals surface area contributed by atoms with E-state index < -0.39 is 11.8 Å². The molecule has 198 valence electrons. The molecule has 2 heterocycles. The Balaban J connectivity index is 1.42. The van der Waals surface area contributed by atoms with Gasteiger partial charge in [-0.3, -0.25) is 14.9 Å². The third-order valence-electron chi connectivity index (χ3n) is 7.07. The van der Waals surface area contributed by atoms with Gasteiger partial charge >= 0.3 is 0 Å². The Labute approximate surface area is 236 Å². The van der Waals surface area contributed by atoms with Crippen LogP contribution < -0.4 is 19.7 Å². The first-order valence-electron chi connectivity index (χ1n) is 12.7. The number of para-hydroxylation sites is 1. The van der Waals surface area contributed by atoms with Crippen LogP contribution in [0, 0.1) is 0 Å². The van der Waals surface area contributed by atoms with E-state index in [4.69, 9.17) is 21.7 Å². The van der Waals surface area contributed by atoms with E-state index in [1.165, 1.54) is 28.3 Å². The summed E-state index contributed by atoms with van der Waals surface area (Å²) in [5.74, 6) is -0.139. The van der Waals surface area contributed by atoms with Crippen molar-refractivity contribution in [3.05, 3.63) is 108 Å². The molecule has 0 bridgehead atoms. The van der Waals surface area contributed by atoms with Gasteiger partial charge in [-0.05, 0) is 52.8 Å². The van der Waals surface area contributed by atoms with Crippen molar-refractivity contribution in [3.63, 3.8) is 0 Å². The Kier molecular flexibility index (Phi) is 6.53. The monoisotopic (exact) mass is 547 g/mol. The zero-order chi connectivity index (χ0) is 27.8. The number of benzene rings is 4. The largest absolute Gasteiger partial charge is 0.497 e. The molecular formula is C32H25N3O4S. The molecule has 2 amide bonds. The van der Waals surface area contributed by atoms with Crippen LogP contribution in [0.25, 0.3) is 27.8 Å². The summed E-state index contributed by atoms with van der Waals surface area (Å²) in [7, 11) is 3.04. The standard InChI is InChI=1S/C32H25N3O4S/c1-38-23-14-15-28(29(17-23)39-2)35-31(37)26(30(36)33-32(35)40)16-22-19-34(27-13-6-5-12-25(22)27)18-21-10-7-9-20-8-3-4-11-24(20)21/h3-17,19H,18H2,1-2H3,(H,33,36,40)/b26-16+. The summed E-state index contributed by atoms with van der Waals surface area (Å²) in [6, 6.07) is 27.6. The van der Waals surface area contributed by atoms with Gasteiger partial charge in [0.15, 0.2) is 5.11 Å². The molecule has 1 N–H and O–H groups in total. The Morgan fingerprint density at radius 1 is 0.875 bits per heavy atom. The Hall–Kier alpha value is -4.95. The number of carbonyl (C=O) groups is 2. The molecular weight excluding hydrogens is 522 g/mol. The van der Waals surface area contributed by atoms with Crippen molar-refractivity contribution in [3.8, 4) is 11.5 Å². The van der Waals surface area contributed by atoms with Crippen molar-refractivity contribution < 1.29 is 19.1 Å². The van der Waals surface area contributed by atoms with Crippen LogP contribution in [-0.2, 0) is 16.1 Å². The maximum Gasteiger partial charge on any atom is 0.270 e. The molecule has 0 saturated carbocycles. The first-order valence-corrected chi connectivity index (χ1v) is 13.1. The first kappa shape index (κ1) is 25.3. The number of hydrogen-bond donors (Lipinski definition) is 1. The maximum absolute atomic E-state index is 13.8. The zero-order valence-electron chi connectivity index (χ0n) is 21.9. The maximum atomic E-state index is 13.8. The molecule has 1 saturated heterocycles. The molecule has 0 atom stereocenters. The van der Waals surface area contributed by atoms with Crippen molar-refractivity contribution in [1.82, 2.24) is 9.88 Å². The highest BCUT2D eigenvalue weighted by atomic mass is 32.1. The highest BCUT2D eigenvalue weighted by Crippen LogP contribution is 2.35. The number of amides is 2. The summed E-state index contributed by atoms with van der Waals surface area (Å²) in [6.07, 6.45) is 3.61. The number of methoxy groups -OCH3 is 2. The van der Waals surface area contributed by atoms with Gasteiger partial charge in [-0.15, -0.1) is 0 Å². The number of nitrogens with one attached hydrogen (secondary N) is 1. The van der Waals surface area contributed by atoms with Crippen LogP contribution in [0.1, 0.15) is 11.1 Å². The van der Waals surface area contributed by atoms with Gasteiger partial charge < -0.3 is 14.0 Å². The van der Waals surface area contributed by atoms with Crippen molar-refractivity contribution in [2.24, 2.45) is 0 Å². The molecule has 8 heteroatoms. The quantitative estimate of drug-likeness (QED) is 0.168. The number of hydrogen-bond acceptors (Lipinski definition) is 5. The Morgan fingerprint density at radius 2 is 1.62 bits per heavy atom. The van der Waals surface area contributed by atoms with Crippen LogP contribution in [0.3, 0.4) is 0 Å². The van der Waals surface area contributed by atoms with Crippen LogP contribution in [0.15, 0.2) is 96.7 Å². The van der Waals surface area contributed by atoms with Gasteiger partial charge in [0, 0.05) is 35.3 Å². The third kappa shape index (κ3) is 4.38.